The topological polar surface area (TPSA) is 46.5 Å². The highest BCUT2D eigenvalue weighted by Gasteiger charge is 2.19. The molecule has 4 rings (SSSR count). The summed E-state index contributed by atoms with van der Waals surface area (Å²) in [6.45, 7) is 1.95. The Kier molecular flexibility index (Phi) is 6.47. The van der Waals surface area contributed by atoms with Crippen molar-refractivity contribution in [1.82, 2.24) is 0 Å². The zero-order chi connectivity index (χ0) is 23.5. The normalized spacial score (nSPS) is 12.2. The summed E-state index contributed by atoms with van der Waals surface area (Å²) in [5.41, 5.74) is 3.56. The minimum Gasteiger partial charge on any atom is -0.462 e. The van der Waals surface area contributed by atoms with Gasteiger partial charge in [0.25, 0.3) is 6.43 Å². The molecule has 0 fully saturated rings. The van der Waals surface area contributed by atoms with Crippen LogP contribution in [-0.2, 0) is 4.74 Å². The highest BCUT2D eigenvalue weighted by Crippen LogP contribution is 2.34. The quantitative estimate of drug-likeness (QED) is 0.329. The summed E-state index contributed by atoms with van der Waals surface area (Å²) in [5.74, 6) is -0.801. The number of ether oxygens (including phenoxy) is 1. The largest absolute Gasteiger partial charge is 0.462 e. The van der Waals surface area contributed by atoms with Gasteiger partial charge in [-0.25, -0.2) is 18.0 Å². The van der Waals surface area contributed by atoms with Gasteiger partial charge in [-0.1, -0.05) is 48.5 Å². The van der Waals surface area contributed by atoms with E-state index in [4.69, 9.17) is 4.74 Å². The fourth-order valence-electron chi connectivity index (χ4n) is 3.77. The summed E-state index contributed by atoms with van der Waals surface area (Å²) >= 11 is 0. The van der Waals surface area contributed by atoms with E-state index in [-0.39, 0.29) is 18.0 Å². The number of hydrogen-bond donors (Lipinski definition) is 1. The van der Waals surface area contributed by atoms with Crippen LogP contribution in [0.4, 0.5) is 13.2 Å². The molecule has 4 aromatic rings. The van der Waals surface area contributed by atoms with E-state index in [0.29, 0.717) is 11.1 Å². The van der Waals surface area contributed by atoms with Crippen molar-refractivity contribution in [3.05, 3.63) is 95.8 Å². The van der Waals surface area contributed by atoms with Gasteiger partial charge in [0.2, 0.25) is 0 Å². The van der Waals surface area contributed by atoms with Gasteiger partial charge in [-0.2, -0.15) is 0 Å². The second-order valence-corrected chi connectivity index (χ2v) is 7.59. The van der Waals surface area contributed by atoms with Gasteiger partial charge in [0.15, 0.2) is 0 Å². The molecule has 0 aromatic heterocycles. The minimum atomic E-state index is -2.88. The van der Waals surface area contributed by atoms with Crippen LogP contribution in [-0.4, -0.2) is 24.1 Å². The number of esters is 1. The maximum atomic E-state index is 13.3. The number of aliphatic hydroxyl groups excluding tert-OH is 1. The molecule has 4 aromatic carbocycles. The highest BCUT2D eigenvalue weighted by atomic mass is 19.3. The summed E-state index contributed by atoms with van der Waals surface area (Å²) in [6.07, 6.45) is -4.74. The van der Waals surface area contributed by atoms with Crippen molar-refractivity contribution in [2.45, 2.75) is 19.5 Å². The number of alkyl halides is 2. The Labute approximate surface area is 189 Å². The lowest BCUT2D eigenvalue weighted by Gasteiger charge is -2.14. The highest BCUT2D eigenvalue weighted by molar-refractivity contribution is 6.04. The summed E-state index contributed by atoms with van der Waals surface area (Å²) in [5, 5.41) is 11.2. The molecule has 0 aliphatic heterocycles. The van der Waals surface area contributed by atoms with Crippen LogP contribution in [0.5, 0.6) is 0 Å². The Morgan fingerprint density at radius 1 is 0.879 bits per heavy atom. The molecule has 168 valence electrons. The Bertz CT molecular complexity index is 1280. The Morgan fingerprint density at radius 3 is 2.15 bits per heavy atom. The van der Waals surface area contributed by atoms with Gasteiger partial charge in [0.05, 0.1) is 12.2 Å². The standard InChI is InChI=1S/C27H21F3O3/c1-2-33-27(32)21-14-20-13-19(16-7-10-22(28)11-8-16)9-12-23(20)24(15-21)17-3-5-18(6-4-17)25(31)26(29)30/h3-15,25-26,31H,2H2,1H3/t25-/m1/s1. The van der Waals surface area contributed by atoms with Crippen molar-refractivity contribution in [3.63, 3.8) is 0 Å². The van der Waals surface area contributed by atoms with E-state index in [2.05, 4.69) is 0 Å². The molecule has 0 spiro atoms. The molecule has 0 aliphatic rings. The summed E-state index contributed by atoms with van der Waals surface area (Å²) in [6, 6.07) is 21.4. The smallest absolute Gasteiger partial charge is 0.338 e. The number of carbonyl (C=O) groups is 1. The van der Waals surface area contributed by atoms with Gasteiger partial charge in [-0.15, -0.1) is 0 Å². The number of carbonyl (C=O) groups excluding carboxylic acids is 1. The Hall–Kier alpha value is -3.64. The van der Waals surface area contributed by atoms with E-state index in [1.807, 2.05) is 18.2 Å². The maximum Gasteiger partial charge on any atom is 0.338 e. The molecule has 6 heteroatoms. The molecular formula is C27H21F3O3. The number of benzene rings is 4. The number of fused-ring (bicyclic) bond motifs is 1. The van der Waals surface area contributed by atoms with E-state index < -0.39 is 18.5 Å². The number of aliphatic hydroxyl groups is 1. The van der Waals surface area contributed by atoms with Crippen molar-refractivity contribution >= 4 is 16.7 Å². The number of halogens is 3. The molecule has 3 nitrogen and oxygen atoms in total. The zero-order valence-corrected chi connectivity index (χ0v) is 17.8. The van der Waals surface area contributed by atoms with Crippen molar-refractivity contribution in [1.29, 1.82) is 0 Å². The molecule has 0 amide bonds. The van der Waals surface area contributed by atoms with Crippen LogP contribution in [0.25, 0.3) is 33.0 Å². The van der Waals surface area contributed by atoms with Gasteiger partial charge >= 0.3 is 5.97 Å². The van der Waals surface area contributed by atoms with E-state index in [1.54, 1.807) is 43.3 Å². The van der Waals surface area contributed by atoms with Crippen LogP contribution < -0.4 is 0 Å². The fraction of sp³-hybridized carbons (Fsp3) is 0.148. The van der Waals surface area contributed by atoms with Crippen molar-refractivity contribution in [2.24, 2.45) is 0 Å². The SMILES string of the molecule is CCOC(=O)c1cc(-c2ccc([C@@H](O)C(F)F)cc2)c2ccc(-c3ccc(F)cc3)cc2c1. The molecule has 0 bridgehead atoms. The molecule has 33 heavy (non-hydrogen) atoms. The third-order valence-electron chi connectivity index (χ3n) is 5.44. The zero-order valence-electron chi connectivity index (χ0n) is 17.8. The molecule has 1 N–H and O–H groups in total. The van der Waals surface area contributed by atoms with E-state index >= 15 is 0 Å². The monoisotopic (exact) mass is 450 g/mol. The van der Waals surface area contributed by atoms with Gasteiger partial charge in [0, 0.05) is 0 Å². The third kappa shape index (κ3) is 4.76. The second kappa shape index (κ2) is 9.46. The van der Waals surface area contributed by atoms with Crippen LogP contribution in [0.15, 0.2) is 78.9 Å². The van der Waals surface area contributed by atoms with E-state index in [0.717, 1.165) is 27.5 Å². The Morgan fingerprint density at radius 2 is 1.52 bits per heavy atom. The first kappa shape index (κ1) is 22.6. The fourth-order valence-corrected chi connectivity index (χ4v) is 3.77. The van der Waals surface area contributed by atoms with Crippen molar-refractivity contribution < 1.29 is 27.8 Å². The first-order valence-corrected chi connectivity index (χ1v) is 10.4. The molecule has 0 unspecified atom stereocenters. The average molecular weight is 450 g/mol. The molecule has 0 heterocycles. The first-order chi connectivity index (χ1) is 15.9. The first-order valence-electron chi connectivity index (χ1n) is 10.4. The molecule has 0 aliphatic carbocycles. The predicted octanol–water partition coefficient (Wildman–Crippen LogP) is 6.79. The molecule has 0 saturated heterocycles. The van der Waals surface area contributed by atoms with Gasteiger partial charge < -0.3 is 9.84 Å². The minimum absolute atomic E-state index is 0.109. The van der Waals surface area contributed by atoms with Gasteiger partial charge in [-0.05, 0) is 75.8 Å². The number of hydrogen-bond acceptors (Lipinski definition) is 3. The van der Waals surface area contributed by atoms with Crippen LogP contribution in [0, 0.1) is 5.82 Å². The molecular weight excluding hydrogens is 429 g/mol. The summed E-state index contributed by atoms with van der Waals surface area (Å²) < 4.78 is 44.2. The maximum absolute atomic E-state index is 13.3. The predicted molar refractivity (Wildman–Crippen MR) is 122 cm³/mol. The van der Waals surface area contributed by atoms with Crippen LogP contribution in [0.3, 0.4) is 0 Å². The number of rotatable bonds is 6. The summed E-state index contributed by atoms with van der Waals surface area (Å²) in [7, 11) is 0. The average Bonchev–Trinajstić information content (AvgIpc) is 2.83. The Balaban J connectivity index is 1.85. The van der Waals surface area contributed by atoms with Crippen molar-refractivity contribution in [2.75, 3.05) is 6.61 Å². The molecule has 0 saturated carbocycles. The lowest BCUT2D eigenvalue weighted by Crippen LogP contribution is -2.07. The molecule has 1 atom stereocenters. The van der Waals surface area contributed by atoms with E-state index in [9.17, 15) is 23.1 Å². The van der Waals surface area contributed by atoms with Gasteiger partial charge in [-0.3, -0.25) is 0 Å². The van der Waals surface area contributed by atoms with Crippen molar-refractivity contribution in [3.8, 4) is 22.3 Å². The molecule has 0 radical (unpaired) electrons. The van der Waals surface area contributed by atoms with Crippen LogP contribution >= 0.6 is 0 Å². The summed E-state index contributed by atoms with van der Waals surface area (Å²) in [4.78, 5) is 12.5. The van der Waals surface area contributed by atoms with Crippen LogP contribution in [0.1, 0.15) is 28.9 Å². The lowest BCUT2D eigenvalue weighted by atomic mass is 9.92. The second-order valence-electron chi connectivity index (χ2n) is 7.59. The van der Waals surface area contributed by atoms with Crippen LogP contribution in [0.2, 0.25) is 0 Å². The lowest BCUT2D eigenvalue weighted by molar-refractivity contribution is -0.00577. The van der Waals surface area contributed by atoms with Gasteiger partial charge in [0.1, 0.15) is 11.9 Å². The van der Waals surface area contributed by atoms with E-state index in [1.165, 1.54) is 24.3 Å². The third-order valence-corrected chi connectivity index (χ3v) is 5.44.